The molecule has 0 aliphatic heterocycles. The average Bonchev–Trinajstić information content (AvgIpc) is 3.85. The molecule has 4 heteroatoms. The van der Waals surface area contributed by atoms with Crippen molar-refractivity contribution in [3.63, 3.8) is 0 Å². The zero-order valence-electron chi connectivity index (χ0n) is 33.6. The van der Waals surface area contributed by atoms with Crippen molar-refractivity contribution in [1.82, 2.24) is 19.1 Å². The van der Waals surface area contributed by atoms with E-state index in [2.05, 4.69) is 228 Å². The van der Waals surface area contributed by atoms with Gasteiger partial charge in [-0.15, -0.1) is 0 Å². The van der Waals surface area contributed by atoms with Gasteiger partial charge in [0.15, 0.2) is 0 Å². The van der Waals surface area contributed by atoms with Gasteiger partial charge in [0, 0.05) is 38.1 Å². The summed E-state index contributed by atoms with van der Waals surface area (Å²) in [5.41, 5.74) is 11.9. The van der Waals surface area contributed by atoms with Gasteiger partial charge >= 0.3 is 0 Å². The van der Waals surface area contributed by atoms with E-state index in [0.29, 0.717) is 5.95 Å². The number of hydrogen-bond donors (Lipinski definition) is 0. The minimum atomic E-state index is 0.639. The van der Waals surface area contributed by atoms with Crippen LogP contribution in [0.4, 0.5) is 0 Å². The number of benzene rings is 10. The molecule has 4 nitrogen and oxygen atoms in total. The minimum Gasteiger partial charge on any atom is -0.309 e. The molecule has 0 N–H and O–H groups in total. The van der Waals surface area contributed by atoms with Crippen molar-refractivity contribution in [3.05, 3.63) is 218 Å². The highest BCUT2D eigenvalue weighted by molar-refractivity contribution is 6.13. The fourth-order valence-electron chi connectivity index (χ4n) is 9.71. The highest BCUT2D eigenvalue weighted by atomic mass is 15.2. The van der Waals surface area contributed by atoms with Crippen molar-refractivity contribution in [2.24, 2.45) is 0 Å². The van der Waals surface area contributed by atoms with Crippen molar-refractivity contribution in [2.45, 2.75) is 0 Å². The lowest BCUT2D eigenvalue weighted by atomic mass is 10.0. The van der Waals surface area contributed by atoms with Gasteiger partial charge in [-0.1, -0.05) is 158 Å². The summed E-state index contributed by atoms with van der Waals surface area (Å²) in [6.45, 7) is 0. The second-order valence-electron chi connectivity index (χ2n) is 16.2. The molecule has 62 heavy (non-hydrogen) atoms. The van der Waals surface area contributed by atoms with Crippen LogP contribution in [0.25, 0.3) is 121 Å². The Labute approximate surface area is 357 Å². The Balaban J connectivity index is 0.997. The lowest BCUT2D eigenvalue weighted by Gasteiger charge is -2.13. The van der Waals surface area contributed by atoms with Gasteiger partial charge in [0.2, 0.25) is 5.95 Å². The van der Waals surface area contributed by atoms with E-state index in [0.717, 1.165) is 49.9 Å². The molecule has 13 aromatic rings. The van der Waals surface area contributed by atoms with Crippen LogP contribution in [-0.4, -0.2) is 19.1 Å². The van der Waals surface area contributed by atoms with E-state index in [9.17, 15) is 0 Å². The summed E-state index contributed by atoms with van der Waals surface area (Å²) in [7, 11) is 0. The molecule has 0 atom stereocenters. The first kappa shape index (κ1) is 34.5. The molecule has 0 bridgehead atoms. The molecular weight excluding hydrogens is 753 g/mol. The first-order chi connectivity index (χ1) is 30.7. The fourth-order valence-corrected chi connectivity index (χ4v) is 9.71. The van der Waals surface area contributed by atoms with Crippen molar-refractivity contribution in [1.29, 1.82) is 0 Å². The molecule has 0 amide bonds. The van der Waals surface area contributed by atoms with E-state index >= 15 is 0 Å². The maximum Gasteiger partial charge on any atom is 0.235 e. The summed E-state index contributed by atoms with van der Waals surface area (Å²) in [6.07, 6.45) is 0. The third kappa shape index (κ3) is 5.40. The molecule has 3 heterocycles. The zero-order chi connectivity index (χ0) is 40.7. The highest BCUT2D eigenvalue weighted by Gasteiger charge is 2.19. The van der Waals surface area contributed by atoms with Crippen LogP contribution in [-0.2, 0) is 0 Å². The zero-order valence-corrected chi connectivity index (χ0v) is 33.6. The summed E-state index contributed by atoms with van der Waals surface area (Å²) in [5, 5.41) is 12.0. The molecular formula is C58H36N4. The van der Waals surface area contributed by atoms with E-state index in [1.807, 2.05) is 0 Å². The van der Waals surface area contributed by atoms with Crippen LogP contribution >= 0.6 is 0 Å². The summed E-state index contributed by atoms with van der Waals surface area (Å²) in [6, 6.07) is 78.7. The second kappa shape index (κ2) is 13.6. The van der Waals surface area contributed by atoms with Gasteiger partial charge in [-0.25, -0.2) is 9.97 Å². The summed E-state index contributed by atoms with van der Waals surface area (Å²) < 4.78 is 4.66. The van der Waals surface area contributed by atoms with Gasteiger partial charge in [-0.3, -0.25) is 4.57 Å². The fraction of sp³-hybridized carbons (Fsp3) is 0. The topological polar surface area (TPSA) is 35.6 Å². The predicted octanol–water partition coefficient (Wildman–Crippen LogP) is 15.1. The van der Waals surface area contributed by atoms with E-state index in [1.54, 1.807) is 0 Å². The van der Waals surface area contributed by atoms with Crippen LogP contribution < -0.4 is 0 Å². The van der Waals surface area contributed by atoms with Crippen LogP contribution in [0.1, 0.15) is 0 Å². The number of fused-ring (bicyclic) bond motifs is 9. The average molecular weight is 789 g/mol. The maximum absolute atomic E-state index is 5.38. The van der Waals surface area contributed by atoms with Gasteiger partial charge in [0.25, 0.3) is 0 Å². The Morgan fingerprint density at radius 1 is 0.258 bits per heavy atom. The van der Waals surface area contributed by atoms with Gasteiger partial charge in [0.1, 0.15) is 0 Å². The Kier molecular flexibility index (Phi) is 7.57. The molecule has 0 aliphatic carbocycles. The molecule has 0 fully saturated rings. The van der Waals surface area contributed by atoms with Gasteiger partial charge in [0.05, 0.1) is 39.1 Å². The highest BCUT2D eigenvalue weighted by Crippen LogP contribution is 2.40. The third-order valence-corrected chi connectivity index (χ3v) is 12.7. The molecule has 0 saturated heterocycles. The van der Waals surface area contributed by atoms with Crippen LogP contribution in [0.3, 0.4) is 0 Å². The van der Waals surface area contributed by atoms with Gasteiger partial charge < -0.3 is 4.57 Å². The number of hydrogen-bond acceptors (Lipinski definition) is 2. The molecule has 0 aliphatic rings. The lowest BCUT2D eigenvalue weighted by Crippen LogP contribution is -2.04. The van der Waals surface area contributed by atoms with E-state index in [-0.39, 0.29) is 0 Å². The second-order valence-corrected chi connectivity index (χ2v) is 16.2. The lowest BCUT2D eigenvalue weighted by molar-refractivity contribution is 0.996. The number of para-hydroxylation sites is 2. The summed E-state index contributed by atoms with van der Waals surface area (Å²) in [4.78, 5) is 10.8. The molecule has 0 unspecified atom stereocenters. The Hall–Kier alpha value is -8.34. The Morgan fingerprint density at radius 2 is 0.694 bits per heavy atom. The third-order valence-electron chi connectivity index (χ3n) is 12.7. The van der Waals surface area contributed by atoms with Crippen LogP contribution in [0.5, 0.6) is 0 Å². The van der Waals surface area contributed by atoms with E-state index in [4.69, 9.17) is 9.97 Å². The van der Waals surface area contributed by atoms with Crippen LogP contribution in [0.15, 0.2) is 218 Å². The number of rotatable bonds is 5. The van der Waals surface area contributed by atoms with Crippen molar-refractivity contribution < 1.29 is 0 Å². The summed E-state index contributed by atoms with van der Waals surface area (Å²) >= 11 is 0. The van der Waals surface area contributed by atoms with E-state index in [1.165, 1.54) is 65.4 Å². The van der Waals surface area contributed by atoms with E-state index < -0.39 is 0 Å². The minimum absolute atomic E-state index is 0.639. The largest absolute Gasteiger partial charge is 0.309 e. The summed E-state index contributed by atoms with van der Waals surface area (Å²) in [5.74, 6) is 0.639. The number of nitrogens with zero attached hydrogens (tertiary/aromatic N) is 4. The normalized spacial score (nSPS) is 11.9. The first-order valence-corrected chi connectivity index (χ1v) is 21.1. The molecule has 0 saturated carbocycles. The van der Waals surface area contributed by atoms with Gasteiger partial charge in [-0.2, -0.15) is 0 Å². The standard InChI is InChI=1S/C58H36N4/c1-3-15-40-32-44(26-24-37(40)12-1)51-36-52(45-27-25-38-13-2-4-16-41(38)33-45)60-58(59-51)62-55-22-10-8-20-48(55)50-35-43(29-31-57(50)62)42-28-30-56-49(34-42)47-19-7-9-21-54(47)61(56)53-23-11-17-39-14-5-6-18-46(39)53/h1-36H. The number of aromatic nitrogens is 4. The Morgan fingerprint density at radius 3 is 1.29 bits per heavy atom. The van der Waals surface area contributed by atoms with Crippen LogP contribution in [0.2, 0.25) is 0 Å². The smallest absolute Gasteiger partial charge is 0.235 e. The Bertz CT molecular complexity index is 3840. The quantitative estimate of drug-likeness (QED) is 0.174. The molecule has 0 radical (unpaired) electrons. The van der Waals surface area contributed by atoms with Crippen molar-refractivity contribution in [2.75, 3.05) is 0 Å². The monoisotopic (exact) mass is 788 g/mol. The van der Waals surface area contributed by atoms with Crippen LogP contribution in [0, 0.1) is 0 Å². The first-order valence-electron chi connectivity index (χ1n) is 21.1. The molecule has 13 rings (SSSR count). The molecule has 288 valence electrons. The van der Waals surface area contributed by atoms with Crippen molar-refractivity contribution >= 4 is 75.9 Å². The maximum atomic E-state index is 5.38. The predicted molar refractivity (Wildman–Crippen MR) is 260 cm³/mol. The SMILES string of the molecule is c1ccc2cc(-c3cc(-c4ccc5ccccc5c4)nc(-n4c5ccccc5c5cc(-c6ccc7c(c6)c6ccccc6n7-c6cccc7ccccc67)ccc54)n3)ccc2c1. The molecule has 10 aromatic carbocycles. The molecule has 0 spiro atoms. The van der Waals surface area contributed by atoms with Gasteiger partial charge in [-0.05, 0) is 98.7 Å². The van der Waals surface area contributed by atoms with Crippen molar-refractivity contribution in [3.8, 4) is 45.3 Å². The molecule has 3 aromatic heterocycles.